The molecule has 1 amide bonds. The number of amides is 1. The summed E-state index contributed by atoms with van der Waals surface area (Å²) >= 11 is 0. The van der Waals surface area contributed by atoms with Gasteiger partial charge < -0.3 is 24.6 Å². The first-order valence-electron chi connectivity index (χ1n) is 7.69. The van der Waals surface area contributed by atoms with Gasteiger partial charge in [-0.1, -0.05) is 12.1 Å². The van der Waals surface area contributed by atoms with Gasteiger partial charge in [0.25, 0.3) is 5.91 Å². The number of ether oxygens (including phenoxy) is 3. The molecule has 0 aromatic heterocycles. The van der Waals surface area contributed by atoms with Crippen LogP contribution >= 0.6 is 0 Å². The molecule has 0 saturated heterocycles. The Morgan fingerprint density at radius 1 is 1.20 bits per heavy atom. The zero-order valence-electron chi connectivity index (χ0n) is 13.5. The summed E-state index contributed by atoms with van der Waals surface area (Å²) in [5, 5.41) is 11.7. The molecule has 1 unspecified atom stereocenters. The Morgan fingerprint density at radius 2 is 2.00 bits per heavy atom. The molecule has 0 radical (unpaired) electrons. The summed E-state index contributed by atoms with van der Waals surface area (Å²) < 4.78 is 16.0. The topological polar surface area (TPSA) is 94.1 Å². The van der Waals surface area contributed by atoms with Crippen molar-refractivity contribution >= 4 is 11.9 Å². The van der Waals surface area contributed by atoms with Crippen molar-refractivity contribution in [2.45, 2.75) is 19.6 Å². The van der Waals surface area contributed by atoms with Gasteiger partial charge in [-0.05, 0) is 42.8 Å². The van der Waals surface area contributed by atoms with Crippen molar-refractivity contribution < 1.29 is 28.9 Å². The van der Waals surface area contributed by atoms with E-state index < -0.39 is 12.1 Å². The summed E-state index contributed by atoms with van der Waals surface area (Å²) in [6.07, 6.45) is -0.766. The second-order valence-corrected chi connectivity index (χ2v) is 5.50. The number of carbonyl (C=O) groups is 2. The second kappa shape index (κ2) is 7.12. The molecule has 2 aromatic rings. The molecule has 2 aromatic carbocycles. The van der Waals surface area contributed by atoms with Gasteiger partial charge in [0.05, 0.1) is 5.56 Å². The summed E-state index contributed by atoms with van der Waals surface area (Å²) in [6, 6.07) is 11.5. The summed E-state index contributed by atoms with van der Waals surface area (Å²) in [5.41, 5.74) is 0.975. The Balaban J connectivity index is 1.56. The average molecular weight is 343 g/mol. The number of benzene rings is 2. The molecule has 1 atom stereocenters. The van der Waals surface area contributed by atoms with Gasteiger partial charge in [-0.3, -0.25) is 4.79 Å². The number of carboxylic acid groups (broad SMARTS) is 1. The van der Waals surface area contributed by atoms with E-state index in [4.69, 9.17) is 19.3 Å². The third kappa shape index (κ3) is 4.00. The Labute approximate surface area is 144 Å². The molecule has 0 aliphatic carbocycles. The summed E-state index contributed by atoms with van der Waals surface area (Å²) in [7, 11) is 0. The highest BCUT2D eigenvalue weighted by Gasteiger charge is 2.17. The van der Waals surface area contributed by atoms with Crippen LogP contribution in [-0.2, 0) is 11.3 Å². The quantitative estimate of drug-likeness (QED) is 0.835. The highest BCUT2D eigenvalue weighted by atomic mass is 16.7. The van der Waals surface area contributed by atoms with Crippen LogP contribution in [0.4, 0.5) is 0 Å². The van der Waals surface area contributed by atoms with E-state index in [0.717, 1.165) is 5.56 Å². The van der Waals surface area contributed by atoms with E-state index in [1.165, 1.54) is 12.1 Å². The molecule has 1 heterocycles. The molecule has 25 heavy (non-hydrogen) atoms. The highest BCUT2D eigenvalue weighted by molar-refractivity contribution is 5.88. The van der Waals surface area contributed by atoms with Gasteiger partial charge in [0.1, 0.15) is 5.75 Å². The highest BCUT2D eigenvalue weighted by Crippen LogP contribution is 2.32. The maximum Gasteiger partial charge on any atom is 0.335 e. The minimum atomic E-state index is -1.05. The molecule has 7 nitrogen and oxygen atoms in total. The van der Waals surface area contributed by atoms with E-state index in [2.05, 4.69) is 5.32 Å². The summed E-state index contributed by atoms with van der Waals surface area (Å²) in [5.74, 6) is 0.306. The zero-order chi connectivity index (χ0) is 17.8. The van der Waals surface area contributed by atoms with E-state index in [-0.39, 0.29) is 18.3 Å². The number of aromatic carboxylic acids is 1. The molecule has 7 heteroatoms. The fourth-order valence-corrected chi connectivity index (χ4v) is 2.34. The fourth-order valence-electron chi connectivity index (χ4n) is 2.34. The lowest BCUT2D eigenvalue weighted by Gasteiger charge is -2.15. The predicted molar refractivity (Wildman–Crippen MR) is 87.9 cm³/mol. The van der Waals surface area contributed by atoms with Crippen molar-refractivity contribution in [3.8, 4) is 17.2 Å². The smallest absolute Gasteiger partial charge is 0.335 e. The first kappa shape index (κ1) is 16.6. The molecule has 0 saturated carbocycles. The van der Waals surface area contributed by atoms with Crippen LogP contribution in [-0.4, -0.2) is 29.9 Å². The number of carboxylic acids is 1. The van der Waals surface area contributed by atoms with Gasteiger partial charge in [0.2, 0.25) is 6.79 Å². The van der Waals surface area contributed by atoms with E-state index in [1.54, 1.807) is 25.1 Å². The Kier molecular flexibility index (Phi) is 4.74. The first-order chi connectivity index (χ1) is 12.0. The number of carbonyl (C=O) groups excluding carboxylic acids is 1. The van der Waals surface area contributed by atoms with Crippen LogP contribution in [0.1, 0.15) is 22.8 Å². The Hall–Kier alpha value is -3.22. The van der Waals surface area contributed by atoms with Gasteiger partial charge in [-0.25, -0.2) is 4.79 Å². The van der Waals surface area contributed by atoms with E-state index in [0.29, 0.717) is 23.8 Å². The van der Waals surface area contributed by atoms with Crippen molar-refractivity contribution in [1.29, 1.82) is 0 Å². The van der Waals surface area contributed by atoms with Gasteiger partial charge in [0.15, 0.2) is 17.6 Å². The van der Waals surface area contributed by atoms with E-state index in [1.807, 2.05) is 12.1 Å². The largest absolute Gasteiger partial charge is 0.481 e. The average Bonchev–Trinajstić information content (AvgIpc) is 3.07. The number of rotatable bonds is 6. The van der Waals surface area contributed by atoms with Gasteiger partial charge in [-0.2, -0.15) is 0 Å². The van der Waals surface area contributed by atoms with Crippen LogP contribution in [0.15, 0.2) is 42.5 Å². The van der Waals surface area contributed by atoms with Crippen LogP contribution in [0.2, 0.25) is 0 Å². The maximum atomic E-state index is 12.2. The van der Waals surface area contributed by atoms with Crippen molar-refractivity contribution in [3.05, 3.63) is 53.6 Å². The normalized spacial score (nSPS) is 13.2. The molecule has 0 spiro atoms. The monoisotopic (exact) mass is 343 g/mol. The van der Waals surface area contributed by atoms with E-state index in [9.17, 15) is 9.59 Å². The standard InChI is InChI=1S/C18H17NO6/c1-11(25-14-4-2-3-13(8-14)18(21)22)17(20)19-9-12-5-6-15-16(7-12)24-10-23-15/h2-8,11H,9-10H2,1H3,(H,19,20)(H,21,22). The van der Waals surface area contributed by atoms with E-state index >= 15 is 0 Å². The third-order valence-electron chi connectivity index (χ3n) is 3.67. The molecule has 0 bridgehead atoms. The molecule has 2 N–H and O–H groups in total. The molecule has 1 aliphatic rings. The lowest BCUT2D eigenvalue weighted by atomic mass is 10.2. The van der Waals surface area contributed by atoms with Gasteiger partial charge in [-0.15, -0.1) is 0 Å². The molecule has 3 rings (SSSR count). The number of nitrogens with one attached hydrogen (secondary N) is 1. The van der Waals surface area contributed by atoms with Crippen molar-refractivity contribution in [2.24, 2.45) is 0 Å². The van der Waals surface area contributed by atoms with Gasteiger partial charge in [0, 0.05) is 6.54 Å². The number of fused-ring (bicyclic) bond motifs is 1. The van der Waals surface area contributed by atoms with Crippen molar-refractivity contribution in [2.75, 3.05) is 6.79 Å². The van der Waals surface area contributed by atoms with Crippen molar-refractivity contribution in [3.63, 3.8) is 0 Å². The minimum Gasteiger partial charge on any atom is -0.481 e. The number of hydrogen-bond acceptors (Lipinski definition) is 5. The molecule has 1 aliphatic heterocycles. The van der Waals surface area contributed by atoms with Gasteiger partial charge >= 0.3 is 5.97 Å². The second-order valence-electron chi connectivity index (χ2n) is 5.50. The molecule has 130 valence electrons. The lowest BCUT2D eigenvalue weighted by Crippen LogP contribution is -2.35. The minimum absolute atomic E-state index is 0.102. The van der Waals surface area contributed by atoms with Crippen LogP contribution in [0.3, 0.4) is 0 Å². The lowest BCUT2D eigenvalue weighted by molar-refractivity contribution is -0.127. The van der Waals surface area contributed by atoms with Crippen molar-refractivity contribution in [1.82, 2.24) is 5.32 Å². The molecule has 0 fully saturated rings. The summed E-state index contributed by atoms with van der Waals surface area (Å²) in [4.78, 5) is 23.1. The van der Waals surface area contributed by atoms with Crippen LogP contribution in [0.25, 0.3) is 0 Å². The zero-order valence-corrected chi connectivity index (χ0v) is 13.5. The van der Waals surface area contributed by atoms with Crippen LogP contribution in [0, 0.1) is 0 Å². The summed E-state index contributed by atoms with van der Waals surface area (Å²) in [6.45, 7) is 2.12. The number of hydrogen-bond donors (Lipinski definition) is 2. The fraction of sp³-hybridized carbons (Fsp3) is 0.222. The van der Waals surface area contributed by atoms with Crippen LogP contribution in [0.5, 0.6) is 17.2 Å². The molecular weight excluding hydrogens is 326 g/mol. The Morgan fingerprint density at radius 3 is 2.80 bits per heavy atom. The SMILES string of the molecule is CC(Oc1cccc(C(=O)O)c1)C(=O)NCc1ccc2c(c1)OCO2. The third-order valence-corrected chi connectivity index (χ3v) is 3.67. The Bertz CT molecular complexity index is 804. The molecular formula is C18H17NO6. The maximum absolute atomic E-state index is 12.2. The first-order valence-corrected chi connectivity index (χ1v) is 7.69. The predicted octanol–water partition coefficient (Wildman–Crippen LogP) is 2.20. The van der Waals surface area contributed by atoms with Crippen LogP contribution < -0.4 is 19.5 Å².